The average Bonchev–Trinajstić information content (AvgIpc) is 3.70. The minimum atomic E-state index is 0.536. The van der Waals surface area contributed by atoms with Crippen molar-refractivity contribution in [2.45, 2.75) is 0 Å². The second-order valence-corrected chi connectivity index (χ2v) is 12.2. The normalized spacial score (nSPS) is 11.1. The van der Waals surface area contributed by atoms with Crippen molar-refractivity contribution in [1.29, 1.82) is 5.26 Å². The SMILES string of the molecule is [C-]#[N+]c1ccc2c(c1)c1ccccc1n2-c1c([N+]#[C-])cccc1-c1ccc(-c2cc(-n3c4ccccc4c4ccccc43)ccc2C#N)cc1. The van der Waals surface area contributed by atoms with Crippen LogP contribution in [0.1, 0.15) is 5.56 Å². The van der Waals surface area contributed by atoms with Gasteiger partial charge in [-0.1, -0.05) is 103 Å². The van der Waals surface area contributed by atoms with Crippen LogP contribution in [0.5, 0.6) is 0 Å². The topological polar surface area (TPSA) is 42.4 Å². The fourth-order valence-electron chi connectivity index (χ4n) is 7.40. The maximum absolute atomic E-state index is 10.2. The number of hydrogen-bond donors (Lipinski definition) is 0. The average molecular weight is 636 g/mol. The first kappa shape index (κ1) is 28.8. The summed E-state index contributed by atoms with van der Waals surface area (Å²) in [7, 11) is 0. The molecule has 0 bridgehead atoms. The van der Waals surface area contributed by atoms with Gasteiger partial charge in [-0.3, -0.25) is 0 Å². The van der Waals surface area contributed by atoms with Crippen LogP contribution in [0.3, 0.4) is 0 Å². The lowest BCUT2D eigenvalue weighted by Gasteiger charge is -2.17. The maximum atomic E-state index is 10.2. The number of benzene rings is 7. The number of aromatic nitrogens is 2. The Morgan fingerprint density at radius 1 is 0.480 bits per heavy atom. The largest absolute Gasteiger partial charge is 0.318 e. The molecule has 0 atom stereocenters. The molecule has 230 valence electrons. The van der Waals surface area contributed by atoms with Crippen LogP contribution in [0.4, 0.5) is 11.4 Å². The summed E-state index contributed by atoms with van der Waals surface area (Å²) in [5, 5.41) is 14.6. The van der Waals surface area contributed by atoms with Gasteiger partial charge in [-0.15, -0.1) is 0 Å². The predicted molar refractivity (Wildman–Crippen MR) is 203 cm³/mol. The zero-order chi connectivity index (χ0) is 33.8. The van der Waals surface area contributed by atoms with Crippen molar-refractivity contribution in [1.82, 2.24) is 9.13 Å². The molecule has 0 aliphatic heterocycles. The number of nitrogens with zero attached hydrogens (tertiary/aromatic N) is 5. The molecule has 5 nitrogen and oxygen atoms in total. The summed E-state index contributed by atoms with van der Waals surface area (Å²) in [5.41, 5.74) is 11.3. The lowest BCUT2D eigenvalue weighted by Crippen LogP contribution is -1.98. The Morgan fingerprint density at radius 2 is 1.06 bits per heavy atom. The van der Waals surface area contributed by atoms with Crippen LogP contribution in [-0.4, -0.2) is 9.13 Å². The molecular formula is C45H25N5. The number of para-hydroxylation sites is 4. The standard InChI is InChI=1S/C45H25N5/c1-47-32-23-25-44-39(26-32)37-12-5-8-17-43(37)50(44)45-34(13-9-14-40(45)48-2)29-18-20-30(21-19-29)38-27-33(24-22-31(38)28-46)49-41-15-6-3-10-35(41)36-11-4-7-16-42(36)49/h3-27H. The van der Waals surface area contributed by atoms with Gasteiger partial charge in [-0.05, 0) is 70.6 Å². The Morgan fingerprint density at radius 3 is 1.68 bits per heavy atom. The van der Waals surface area contributed by atoms with Crippen LogP contribution in [0.25, 0.3) is 86.9 Å². The first-order valence-electron chi connectivity index (χ1n) is 16.2. The van der Waals surface area contributed by atoms with Crippen LogP contribution in [0, 0.1) is 24.5 Å². The zero-order valence-electron chi connectivity index (χ0n) is 26.7. The van der Waals surface area contributed by atoms with Gasteiger partial charge < -0.3 is 9.13 Å². The van der Waals surface area contributed by atoms with E-state index in [4.69, 9.17) is 13.1 Å². The highest BCUT2D eigenvalue weighted by Gasteiger charge is 2.20. The Hall–Kier alpha value is -7.39. The van der Waals surface area contributed by atoms with Gasteiger partial charge in [0.1, 0.15) is 0 Å². The molecule has 0 amide bonds. The third-order valence-corrected chi connectivity index (χ3v) is 9.61. The molecule has 5 heteroatoms. The van der Waals surface area contributed by atoms with Gasteiger partial charge in [0.25, 0.3) is 0 Å². The van der Waals surface area contributed by atoms with E-state index in [2.05, 4.69) is 122 Å². The molecule has 0 fully saturated rings. The van der Waals surface area contributed by atoms with E-state index in [-0.39, 0.29) is 0 Å². The lowest BCUT2D eigenvalue weighted by atomic mass is 9.95. The third-order valence-electron chi connectivity index (χ3n) is 9.61. The van der Waals surface area contributed by atoms with Gasteiger partial charge >= 0.3 is 0 Å². The van der Waals surface area contributed by atoms with Crippen molar-refractivity contribution in [2.24, 2.45) is 0 Å². The van der Waals surface area contributed by atoms with Crippen molar-refractivity contribution in [2.75, 3.05) is 0 Å². The summed E-state index contributed by atoms with van der Waals surface area (Å²) in [5.74, 6) is 0. The van der Waals surface area contributed by atoms with E-state index < -0.39 is 0 Å². The number of rotatable bonds is 4. The van der Waals surface area contributed by atoms with E-state index in [1.807, 2.05) is 54.6 Å². The van der Waals surface area contributed by atoms with Crippen LogP contribution in [0.15, 0.2) is 152 Å². The van der Waals surface area contributed by atoms with E-state index in [0.29, 0.717) is 16.9 Å². The van der Waals surface area contributed by atoms with E-state index in [0.717, 1.165) is 66.5 Å². The summed E-state index contributed by atoms with van der Waals surface area (Å²) >= 11 is 0. The molecule has 7 aromatic carbocycles. The Kier molecular flexibility index (Phi) is 6.56. The summed E-state index contributed by atoms with van der Waals surface area (Å²) in [4.78, 5) is 7.64. The highest BCUT2D eigenvalue weighted by Crippen LogP contribution is 2.42. The molecule has 9 rings (SSSR count). The number of nitriles is 1. The second-order valence-electron chi connectivity index (χ2n) is 12.2. The molecule has 0 saturated carbocycles. The minimum Gasteiger partial charge on any atom is -0.318 e. The Bertz CT molecular complexity index is 2900. The van der Waals surface area contributed by atoms with Crippen molar-refractivity contribution >= 4 is 55.0 Å². The summed E-state index contributed by atoms with van der Waals surface area (Å²) in [6.07, 6.45) is 0. The van der Waals surface area contributed by atoms with Crippen molar-refractivity contribution < 1.29 is 0 Å². The zero-order valence-corrected chi connectivity index (χ0v) is 26.7. The highest BCUT2D eigenvalue weighted by atomic mass is 15.0. The maximum Gasteiger partial charge on any atom is 0.211 e. The highest BCUT2D eigenvalue weighted by molar-refractivity contribution is 6.12. The third kappa shape index (κ3) is 4.31. The van der Waals surface area contributed by atoms with Crippen molar-refractivity contribution in [3.05, 3.63) is 180 Å². The summed E-state index contributed by atoms with van der Waals surface area (Å²) in [6, 6.07) is 53.2. The monoisotopic (exact) mass is 635 g/mol. The van der Waals surface area contributed by atoms with Crippen molar-refractivity contribution in [3.8, 4) is 39.7 Å². The molecule has 0 saturated heterocycles. The fraction of sp³-hybridized carbons (Fsp3) is 0. The van der Waals surface area contributed by atoms with Gasteiger partial charge in [0, 0.05) is 27.4 Å². The van der Waals surface area contributed by atoms with Gasteiger partial charge in [0.2, 0.25) is 5.69 Å². The first-order valence-corrected chi connectivity index (χ1v) is 16.2. The van der Waals surface area contributed by atoms with Gasteiger partial charge in [0.05, 0.1) is 52.5 Å². The Labute approximate surface area is 288 Å². The van der Waals surface area contributed by atoms with Crippen LogP contribution < -0.4 is 0 Å². The Balaban J connectivity index is 1.21. The fourth-order valence-corrected chi connectivity index (χ4v) is 7.40. The molecule has 0 aliphatic carbocycles. The van der Waals surface area contributed by atoms with Gasteiger partial charge in [-0.25, -0.2) is 9.69 Å². The molecule has 0 spiro atoms. The predicted octanol–water partition coefficient (Wildman–Crippen LogP) is 12.2. The van der Waals surface area contributed by atoms with Crippen molar-refractivity contribution in [3.63, 3.8) is 0 Å². The summed E-state index contributed by atoms with van der Waals surface area (Å²) < 4.78 is 4.41. The molecule has 0 radical (unpaired) electrons. The van der Waals surface area contributed by atoms with Gasteiger partial charge in [-0.2, -0.15) is 5.26 Å². The molecule has 9 aromatic rings. The van der Waals surface area contributed by atoms with E-state index in [9.17, 15) is 5.26 Å². The quantitative estimate of drug-likeness (QED) is 0.177. The molecular weight excluding hydrogens is 611 g/mol. The minimum absolute atomic E-state index is 0.536. The second kappa shape index (κ2) is 11.4. The number of hydrogen-bond acceptors (Lipinski definition) is 1. The smallest absolute Gasteiger partial charge is 0.211 e. The van der Waals surface area contributed by atoms with E-state index in [1.54, 1.807) is 0 Å². The lowest BCUT2D eigenvalue weighted by molar-refractivity contribution is 1.18. The number of fused-ring (bicyclic) bond motifs is 6. The molecule has 0 unspecified atom stereocenters. The first-order chi connectivity index (χ1) is 24.7. The molecule has 0 N–H and O–H groups in total. The van der Waals surface area contributed by atoms with Crippen LogP contribution in [-0.2, 0) is 0 Å². The molecule has 50 heavy (non-hydrogen) atoms. The molecule has 2 heterocycles. The van der Waals surface area contributed by atoms with E-state index >= 15 is 0 Å². The van der Waals surface area contributed by atoms with Crippen LogP contribution in [0.2, 0.25) is 0 Å². The van der Waals surface area contributed by atoms with Gasteiger partial charge in [0.15, 0.2) is 5.69 Å². The molecule has 2 aromatic heterocycles. The van der Waals surface area contributed by atoms with E-state index in [1.165, 1.54) is 10.8 Å². The van der Waals surface area contributed by atoms with Crippen LogP contribution >= 0.6 is 0 Å². The summed E-state index contributed by atoms with van der Waals surface area (Å²) in [6.45, 7) is 15.7. The molecule has 0 aliphatic rings.